The van der Waals surface area contributed by atoms with Gasteiger partial charge in [0.05, 0.1) is 11.1 Å². The highest BCUT2D eigenvalue weighted by Crippen LogP contribution is 2.59. The van der Waals surface area contributed by atoms with Crippen LogP contribution in [-0.4, -0.2) is 89.3 Å². The lowest BCUT2D eigenvalue weighted by Gasteiger charge is -2.39. The SMILES string of the molecule is [C-]#[N+]C[C@H]1CN(c2nc(OC[C@@]34CCCN3C[C@H](F)C4)nc3c(F)c(-c4cccc5c4[C@@H]4C[C@@H]4C5)c(F)cc23)CCN1C(=O)C=C. The molecule has 1 aromatic heterocycles. The fourth-order valence-corrected chi connectivity index (χ4v) is 8.63. The number of ether oxygens (including phenoxy) is 1. The number of amides is 1. The summed E-state index contributed by atoms with van der Waals surface area (Å²) in [5.41, 5.74) is 2.12. The number of nitrogens with zero attached hydrogens (tertiary/aromatic N) is 6. The Morgan fingerprint density at radius 1 is 1.22 bits per heavy atom. The Bertz CT molecular complexity index is 1810. The number of carbonyl (C=O) groups is 1. The number of hydrogen-bond donors (Lipinski definition) is 0. The maximum absolute atomic E-state index is 16.8. The van der Waals surface area contributed by atoms with Crippen molar-refractivity contribution in [3.63, 3.8) is 0 Å². The summed E-state index contributed by atoms with van der Waals surface area (Å²) >= 11 is 0. The van der Waals surface area contributed by atoms with Gasteiger partial charge in [-0.2, -0.15) is 9.97 Å². The molecule has 8 rings (SSSR count). The highest BCUT2D eigenvalue weighted by molar-refractivity contribution is 5.95. The number of fused-ring (bicyclic) bond motifs is 5. The van der Waals surface area contributed by atoms with E-state index in [9.17, 15) is 9.18 Å². The lowest BCUT2D eigenvalue weighted by molar-refractivity contribution is -0.128. The van der Waals surface area contributed by atoms with E-state index in [4.69, 9.17) is 16.3 Å². The molecular formula is C35H35F3N6O2. The zero-order chi connectivity index (χ0) is 31.7. The second kappa shape index (κ2) is 11.0. The number of benzene rings is 2. The third-order valence-corrected chi connectivity index (χ3v) is 10.9. The van der Waals surface area contributed by atoms with Gasteiger partial charge in [-0.25, -0.2) is 19.7 Å². The molecule has 0 unspecified atom stereocenters. The Morgan fingerprint density at radius 3 is 2.91 bits per heavy atom. The molecule has 0 spiro atoms. The summed E-state index contributed by atoms with van der Waals surface area (Å²) in [6.45, 7) is 13.3. The van der Waals surface area contributed by atoms with E-state index in [2.05, 4.69) is 21.3 Å². The summed E-state index contributed by atoms with van der Waals surface area (Å²) in [6, 6.07) is 6.47. The summed E-state index contributed by atoms with van der Waals surface area (Å²) in [5.74, 6) is -0.595. The van der Waals surface area contributed by atoms with E-state index in [-0.39, 0.29) is 60.4 Å². The van der Waals surface area contributed by atoms with E-state index in [1.54, 1.807) is 11.0 Å². The molecular weight excluding hydrogens is 593 g/mol. The fourth-order valence-electron chi connectivity index (χ4n) is 8.63. The van der Waals surface area contributed by atoms with Crippen LogP contribution < -0.4 is 9.64 Å². The molecule has 2 aromatic carbocycles. The molecule has 238 valence electrons. The van der Waals surface area contributed by atoms with E-state index >= 15 is 8.78 Å². The third-order valence-electron chi connectivity index (χ3n) is 10.9. The first-order valence-corrected chi connectivity index (χ1v) is 16.1. The Balaban J connectivity index is 1.23. The van der Waals surface area contributed by atoms with Gasteiger partial charge in [-0.15, -0.1) is 0 Å². The van der Waals surface area contributed by atoms with E-state index in [1.807, 2.05) is 17.0 Å². The first-order valence-electron chi connectivity index (χ1n) is 16.1. The van der Waals surface area contributed by atoms with Crippen molar-refractivity contribution in [1.82, 2.24) is 19.8 Å². The Hall–Kier alpha value is -4.17. The van der Waals surface area contributed by atoms with Crippen LogP contribution in [0.1, 0.15) is 42.7 Å². The van der Waals surface area contributed by atoms with Gasteiger partial charge in [0.15, 0.2) is 5.82 Å². The van der Waals surface area contributed by atoms with Crippen molar-refractivity contribution in [2.75, 3.05) is 50.8 Å². The monoisotopic (exact) mass is 628 g/mol. The number of rotatable bonds is 7. The molecule has 1 amide bonds. The van der Waals surface area contributed by atoms with E-state index in [0.29, 0.717) is 36.9 Å². The topological polar surface area (TPSA) is 66.2 Å². The van der Waals surface area contributed by atoms with Crippen LogP contribution in [0, 0.1) is 24.1 Å². The van der Waals surface area contributed by atoms with Crippen LogP contribution in [0.4, 0.5) is 19.0 Å². The molecule has 3 aliphatic heterocycles. The minimum Gasteiger partial charge on any atom is -0.461 e. The van der Waals surface area contributed by atoms with Crippen LogP contribution in [0.25, 0.3) is 26.9 Å². The molecule has 3 aromatic rings. The second-order valence-electron chi connectivity index (χ2n) is 13.5. The normalized spacial score (nSPS) is 28.1. The molecule has 5 atom stereocenters. The van der Waals surface area contributed by atoms with Crippen LogP contribution >= 0.6 is 0 Å². The molecule has 11 heteroatoms. The summed E-state index contributed by atoms with van der Waals surface area (Å²) in [5, 5.41) is 0.193. The molecule has 46 heavy (non-hydrogen) atoms. The number of halogens is 3. The van der Waals surface area contributed by atoms with Crippen molar-refractivity contribution < 1.29 is 22.7 Å². The minimum absolute atomic E-state index is 0.0544. The van der Waals surface area contributed by atoms with Crippen molar-refractivity contribution in [3.8, 4) is 17.1 Å². The molecule has 4 heterocycles. The number of piperazine rings is 1. The van der Waals surface area contributed by atoms with Gasteiger partial charge in [0.1, 0.15) is 36.0 Å². The molecule has 0 radical (unpaired) electrons. The molecule has 1 saturated carbocycles. The predicted molar refractivity (Wildman–Crippen MR) is 167 cm³/mol. The van der Waals surface area contributed by atoms with Gasteiger partial charge in [-0.3, -0.25) is 9.69 Å². The zero-order valence-electron chi connectivity index (χ0n) is 25.5. The minimum atomic E-state index is -0.937. The fraction of sp³-hybridized carbons (Fsp3) is 0.486. The number of carbonyl (C=O) groups excluding carboxylic acids is 1. The van der Waals surface area contributed by atoms with Crippen molar-refractivity contribution in [1.29, 1.82) is 0 Å². The van der Waals surface area contributed by atoms with Gasteiger partial charge in [0.25, 0.3) is 0 Å². The second-order valence-corrected chi connectivity index (χ2v) is 13.5. The van der Waals surface area contributed by atoms with Crippen molar-refractivity contribution in [2.45, 2.75) is 55.8 Å². The summed E-state index contributed by atoms with van der Waals surface area (Å²) in [6.07, 6.45) is 4.34. The summed E-state index contributed by atoms with van der Waals surface area (Å²) in [7, 11) is 0. The average Bonchev–Trinajstić information content (AvgIpc) is 3.37. The number of anilines is 1. The maximum Gasteiger partial charge on any atom is 0.319 e. The summed E-state index contributed by atoms with van der Waals surface area (Å²) < 4.78 is 53.7. The first-order chi connectivity index (χ1) is 22.3. The average molecular weight is 629 g/mol. The highest BCUT2D eigenvalue weighted by atomic mass is 19.1. The molecule has 0 N–H and O–H groups in total. The molecule has 8 nitrogen and oxygen atoms in total. The van der Waals surface area contributed by atoms with Crippen molar-refractivity contribution in [3.05, 3.63) is 71.1 Å². The van der Waals surface area contributed by atoms with Crippen LogP contribution in [0.5, 0.6) is 6.01 Å². The molecule has 5 aliphatic rings. The quantitative estimate of drug-likeness (QED) is 0.261. The molecule has 4 fully saturated rings. The molecule has 0 bridgehead atoms. The molecule has 3 saturated heterocycles. The van der Waals surface area contributed by atoms with E-state index < -0.39 is 29.4 Å². The van der Waals surface area contributed by atoms with E-state index in [1.165, 1.54) is 12.1 Å². The van der Waals surface area contributed by atoms with Gasteiger partial charge in [0.2, 0.25) is 12.5 Å². The summed E-state index contributed by atoms with van der Waals surface area (Å²) in [4.78, 5) is 30.9. The Morgan fingerprint density at radius 2 is 2.09 bits per heavy atom. The Labute approximate surface area is 265 Å². The maximum atomic E-state index is 16.8. The van der Waals surface area contributed by atoms with Crippen LogP contribution in [0.3, 0.4) is 0 Å². The van der Waals surface area contributed by atoms with Crippen molar-refractivity contribution >= 4 is 22.6 Å². The van der Waals surface area contributed by atoms with Gasteiger partial charge < -0.3 is 19.4 Å². The number of hydrogen-bond acceptors (Lipinski definition) is 6. The third kappa shape index (κ3) is 4.63. The zero-order valence-corrected chi connectivity index (χ0v) is 25.5. The number of alkyl halides is 1. The van der Waals surface area contributed by atoms with Crippen LogP contribution in [-0.2, 0) is 11.2 Å². The predicted octanol–water partition coefficient (Wildman–Crippen LogP) is 5.31. The van der Waals surface area contributed by atoms with Crippen LogP contribution in [0.2, 0.25) is 0 Å². The van der Waals surface area contributed by atoms with Crippen molar-refractivity contribution in [2.24, 2.45) is 5.92 Å². The lowest BCUT2D eigenvalue weighted by atomic mass is 9.93. The van der Waals surface area contributed by atoms with E-state index in [0.717, 1.165) is 43.4 Å². The number of aromatic nitrogens is 2. The van der Waals surface area contributed by atoms with Gasteiger partial charge in [-0.05, 0) is 72.9 Å². The largest absolute Gasteiger partial charge is 0.461 e. The standard InChI is InChI=1S/C35H35F3N6O2/c1-3-28(45)44-11-10-42(18-23(44)16-39-2)33-26-14-27(37)30(24-7-4-6-20-12-21-13-25(21)29(20)24)31(38)32(26)40-34(41-33)46-19-35-8-5-9-43(35)17-22(36)15-35/h3-4,6-7,14,21-23,25H,1,5,8-13,15-19H2/t21-,22+,23-,25+,35-/m0/s1. The first kappa shape index (κ1) is 29.2. The van der Waals surface area contributed by atoms with Gasteiger partial charge in [-0.1, -0.05) is 24.8 Å². The smallest absolute Gasteiger partial charge is 0.319 e. The lowest BCUT2D eigenvalue weighted by Crippen LogP contribution is -2.56. The van der Waals surface area contributed by atoms with Gasteiger partial charge in [0, 0.05) is 38.0 Å². The van der Waals surface area contributed by atoms with Gasteiger partial charge >= 0.3 is 6.01 Å². The molecule has 2 aliphatic carbocycles. The Kier molecular flexibility index (Phi) is 6.98. The van der Waals surface area contributed by atoms with Crippen LogP contribution in [0.15, 0.2) is 36.9 Å². The highest BCUT2D eigenvalue weighted by Gasteiger charge is 2.50.